The van der Waals surface area contributed by atoms with Gasteiger partial charge in [-0.3, -0.25) is 19.3 Å². The summed E-state index contributed by atoms with van der Waals surface area (Å²) in [5.41, 5.74) is 4.81. The zero-order chi connectivity index (χ0) is 32.8. The van der Waals surface area contributed by atoms with Crippen LogP contribution in [0.4, 0.5) is 17.1 Å². The van der Waals surface area contributed by atoms with Crippen molar-refractivity contribution in [2.75, 3.05) is 10.2 Å². The molecule has 6 rings (SSSR count). The Kier molecular flexibility index (Phi) is 9.90. The Labute approximate surface area is 283 Å². The average molecular weight is 656 g/mol. The van der Waals surface area contributed by atoms with Gasteiger partial charge < -0.3 is 10.6 Å². The summed E-state index contributed by atoms with van der Waals surface area (Å²) >= 11 is 3.18. The van der Waals surface area contributed by atoms with E-state index in [1.807, 2.05) is 122 Å². The van der Waals surface area contributed by atoms with Crippen molar-refractivity contribution >= 4 is 64.4 Å². The zero-order valence-electron chi connectivity index (χ0n) is 26.0. The molecule has 1 heterocycles. The normalized spacial score (nSPS) is 12.8. The molecule has 0 aliphatic carbocycles. The molecule has 5 aromatic carbocycles. The number of hydrogen-bond donors (Lipinski definition) is 2. The monoisotopic (exact) mass is 655 g/mol. The average Bonchev–Trinajstić information content (AvgIpc) is 3.10. The number of aryl methyl sites for hydroxylation is 1. The Bertz CT molecular complexity index is 1900. The summed E-state index contributed by atoms with van der Waals surface area (Å²) < 4.78 is 0. The van der Waals surface area contributed by atoms with Gasteiger partial charge >= 0.3 is 0 Å². The van der Waals surface area contributed by atoms with Gasteiger partial charge in [0.15, 0.2) is 0 Å². The van der Waals surface area contributed by atoms with Crippen molar-refractivity contribution in [1.82, 2.24) is 5.32 Å². The fourth-order valence-electron chi connectivity index (χ4n) is 5.15. The molecule has 1 unspecified atom stereocenters. The number of fused-ring (bicyclic) bond motifs is 2. The van der Waals surface area contributed by atoms with E-state index in [-0.39, 0.29) is 22.8 Å². The molecule has 5 aromatic rings. The molecule has 3 amide bonds. The highest BCUT2D eigenvalue weighted by Crippen LogP contribution is 2.48. The van der Waals surface area contributed by atoms with Gasteiger partial charge in [-0.05, 0) is 85.6 Å². The van der Waals surface area contributed by atoms with Crippen LogP contribution in [0.2, 0.25) is 0 Å². The standard InChI is InChI=1S/C39H33N3O3S2/c1-3-34(39(45)42-32-13-7-9-15-35(32)47-36-16-10-8-14-33(36)42)46-30-23-21-29(22-24-30)40-38(44)31(25-27-19-17-26(2)18-20-27)41-37(43)28-11-5-4-6-12-28/h4-25,34H,3H2,1-2H3,(H,40,44)(H,41,43)/b31-25-. The third kappa shape index (κ3) is 7.51. The minimum Gasteiger partial charge on any atom is -0.321 e. The van der Waals surface area contributed by atoms with Gasteiger partial charge in [-0.15, -0.1) is 11.8 Å². The van der Waals surface area contributed by atoms with Crippen LogP contribution in [0, 0.1) is 6.92 Å². The predicted molar refractivity (Wildman–Crippen MR) is 192 cm³/mol. The molecule has 0 radical (unpaired) electrons. The lowest BCUT2D eigenvalue weighted by Crippen LogP contribution is -2.35. The topological polar surface area (TPSA) is 78.5 Å². The van der Waals surface area contributed by atoms with Crippen molar-refractivity contribution in [2.24, 2.45) is 0 Å². The first-order valence-corrected chi connectivity index (χ1v) is 17.0. The van der Waals surface area contributed by atoms with Crippen LogP contribution in [0.1, 0.15) is 34.8 Å². The van der Waals surface area contributed by atoms with Gasteiger partial charge in [0.25, 0.3) is 11.8 Å². The van der Waals surface area contributed by atoms with Crippen molar-refractivity contribution in [1.29, 1.82) is 0 Å². The number of para-hydroxylation sites is 2. The van der Waals surface area contributed by atoms with Crippen LogP contribution in [-0.2, 0) is 9.59 Å². The molecule has 2 N–H and O–H groups in total. The maximum Gasteiger partial charge on any atom is 0.272 e. The molecule has 47 heavy (non-hydrogen) atoms. The van der Waals surface area contributed by atoms with Crippen molar-refractivity contribution in [3.63, 3.8) is 0 Å². The second-order valence-electron chi connectivity index (χ2n) is 11.0. The first-order chi connectivity index (χ1) is 22.9. The molecule has 1 aliphatic heterocycles. The molecule has 1 aliphatic rings. The molecule has 0 spiro atoms. The van der Waals surface area contributed by atoms with Crippen molar-refractivity contribution < 1.29 is 14.4 Å². The SMILES string of the molecule is CCC(Sc1ccc(NC(=O)/C(=C/c2ccc(C)cc2)NC(=O)c2ccccc2)cc1)C(=O)N1c2ccccc2Sc2ccccc21. The highest BCUT2D eigenvalue weighted by Gasteiger charge is 2.32. The molecule has 234 valence electrons. The van der Waals surface area contributed by atoms with Gasteiger partial charge in [0.05, 0.1) is 16.6 Å². The molecule has 0 saturated heterocycles. The third-order valence-corrected chi connectivity index (χ3v) is 10.1. The first-order valence-electron chi connectivity index (χ1n) is 15.3. The van der Waals surface area contributed by atoms with Crippen LogP contribution < -0.4 is 15.5 Å². The van der Waals surface area contributed by atoms with Crippen molar-refractivity contribution in [2.45, 2.75) is 40.2 Å². The number of hydrogen-bond acceptors (Lipinski definition) is 5. The van der Waals surface area contributed by atoms with Gasteiger partial charge in [0.1, 0.15) is 5.70 Å². The van der Waals surface area contributed by atoms with Gasteiger partial charge in [0.2, 0.25) is 5.91 Å². The van der Waals surface area contributed by atoms with E-state index < -0.39 is 5.91 Å². The second kappa shape index (κ2) is 14.6. The molecular formula is C39H33N3O3S2. The van der Waals surface area contributed by atoms with Gasteiger partial charge in [0, 0.05) is 25.9 Å². The van der Waals surface area contributed by atoms with Crippen LogP contribution in [0.15, 0.2) is 148 Å². The summed E-state index contributed by atoms with van der Waals surface area (Å²) in [4.78, 5) is 45.4. The number of nitrogens with one attached hydrogen (secondary N) is 2. The van der Waals surface area contributed by atoms with Crippen LogP contribution in [0.3, 0.4) is 0 Å². The maximum absolute atomic E-state index is 14.1. The maximum atomic E-state index is 14.1. The lowest BCUT2D eigenvalue weighted by Gasteiger charge is -2.33. The van der Waals surface area contributed by atoms with E-state index in [0.29, 0.717) is 17.7 Å². The summed E-state index contributed by atoms with van der Waals surface area (Å²) in [5, 5.41) is 5.37. The fraction of sp³-hybridized carbons (Fsp3) is 0.103. The first kappa shape index (κ1) is 31.9. The molecule has 8 heteroatoms. The van der Waals surface area contributed by atoms with Crippen molar-refractivity contribution in [3.8, 4) is 0 Å². The summed E-state index contributed by atoms with van der Waals surface area (Å²) in [6, 6.07) is 39.9. The number of carbonyl (C=O) groups is 3. The molecular weight excluding hydrogens is 623 g/mol. The van der Waals surface area contributed by atoms with Gasteiger partial charge in [-0.25, -0.2) is 0 Å². The fourth-order valence-corrected chi connectivity index (χ4v) is 7.20. The lowest BCUT2D eigenvalue weighted by atomic mass is 10.1. The lowest BCUT2D eigenvalue weighted by molar-refractivity contribution is -0.117. The highest BCUT2D eigenvalue weighted by molar-refractivity contribution is 8.00. The summed E-state index contributed by atoms with van der Waals surface area (Å²) in [5.74, 6) is -0.800. The predicted octanol–water partition coefficient (Wildman–Crippen LogP) is 9.10. The number of rotatable bonds is 9. The Morgan fingerprint density at radius 2 is 1.36 bits per heavy atom. The Morgan fingerprint density at radius 1 is 0.766 bits per heavy atom. The minimum atomic E-state index is -0.447. The molecule has 0 saturated carbocycles. The van der Waals surface area contributed by atoms with E-state index >= 15 is 0 Å². The number of benzene rings is 5. The van der Waals surface area contributed by atoms with Crippen LogP contribution in [0.25, 0.3) is 6.08 Å². The van der Waals surface area contributed by atoms with E-state index in [1.54, 1.807) is 42.1 Å². The summed E-state index contributed by atoms with van der Waals surface area (Å²) in [7, 11) is 0. The Hall–Kier alpha value is -5.05. The third-order valence-electron chi connectivity index (χ3n) is 7.61. The number of carbonyl (C=O) groups excluding carboxylic acids is 3. The molecule has 0 fully saturated rings. The van der Waals surface area contributed by atoms with Gasteiger partial charge in [-0.1, -0.05) is 91.0 Å². The van der Waals surface area contributed by atoms with Crippen molar-refractivity contribution in [3.05, 3.63) is 150 Å². The highest BCUT2D eigenvalue weighted by atomic mass is 32.2. The van der Waals surface area contributed by atoms with Gasteiger partial charge in [-0.2, -0.15) is 0 Å². The largest absolute Gasteiger partial charge is 0.321 e. The molecule has 6 nitrogen and oxygen atoms in total. The smallest absolute Gasteiger partial charge is 0.272 e. The second-order valence-corrected chi connectivity index (χ2v) is 13.4. The molecule has 0 aromatic heterocycles. The number of anilines is 3. The minimum absolute atomic E-state index is 0.0233. The van der Waals surface area contributed by atoms with Crippen LogP contribution >= 0.6 is 23.5 Å². The van der Waals surface area contributed by atoms with E-state index in [4.69, 9.17) is 0 Å². The number of nitrogens with zero attached hydrogens (tertiary/aromatic N) is 1. The summed E-state index contributed by atoms with van der Waals surface area (Å²) in [6.07, 6.45) is 2.30. The van der Waals surface area contributed by atoms with Crippen LogP contribution in [0.5, 0.6) is 0 Å². The van der Waals surface area contributed by atoms with E-state index in [0.717, 1.165) is 37.2 Å². The van der Waals surface area contributed by atoms with E-state index in [9.17, 15) is 14.4 Å². The number of amides is 3. The Balaban J connectivity index is 1.18. The van der Waals surface area contributed by atoms with E-state index in [2.05, 4.69) is 10.6 Å². The Morgan fingerprint density at radius 3 is 1.98 bits per heavy atom. The van der Waals surface area contributed by atoms with Crippen LogP contribution in [-0.4, -0.2) is 23.0 Å². The molecule has 1 atom stereocenters. The quantitative estimate of drug-likeness (QED) is 0.122. The van der Waals surface area contributed by atoms with E-state index in [1.165, 1.54) is 11.8 Å². The zero-order valence-corrected chi connectivity index (χ0v) is 27.6. The summed E-state index contributed by atoms with van der Waals surface area (Å²) in [6.45, 7) is 4.01. The number of thioether (sulfide) groups is 1. The molecule has 0 bridgehead atoms.